The van der Waals surface area contributed by atoms with Crippen LogP contribution in [0.25, 0.3) is 0 Å². The largest absolute Gasteiger partial charge is 0.366 e. The van der Waals surface area contributed by atoms with E-state index in [1.54, 1.807) is 23.5 Å². The third-order valence-electron chi connectivity index (χ3n) is 2.87. The molecule has 19 heavy (non-hydrogen) atoms. The zero-order valence-corrected chi connectivity index (χ0v) is 11.8. The van der Waals surface area contributed by atoms with Crippen molar-refractivity contribution in [3.8, 4) is 0 Å². The molecule has 1 atom stereocenters. The van der Waals surface area contributed by atoms with Gasteiger partial charge in [0.25, 0.3) is 0 Å². The topological polar surface area (TPSA) is 68.0 Å². The van der Waals surface area contributed by atoms with E-state index in [9.17, 15) is 4.79 Å². The predicted octanol–water partition coefficient (Wildman–Crippen LogP) is 3.05. The highest BCUT2D eigenvalue weighted by molar-refractivity contribution is 7.10. The van der Waals surface area contributed by atoms with Crippen molar-refractivity contribution in [3.63, 3.8) is 0 Å². The van der Waals surface area contributed by atoms with Gasteiger partial charge in [-0.3, -0.25) is 4.79 Å². The lowest BCUT2D eigenvalue weighted by atomic mass is 10.0. The molecule has 2 aromatic rings. The fourth-order valence-corrected chi connectivity index (χ4v) is 2.77. The molecule has 1 unspecified atom stereocenters. The molecule has 3 N–H and O–H groups in total. The van der Waals surface area contributed by atoms with Gasteiger partial charge in [0, 0.05) is 11.1 Å². The van der Waals surface area contributed by atoms with Crippen LogP contribution in [0.15, 0.2) is 35.8 Å². The minimum atomic E-state index is -0.460. The van der Waals surface area contributed by atoms with Gasteiger partial charge in [0.05, 0.1) is 11.6 Å². The number of hydrogen-bond donors (Lipinski definition) is 2. The number of aromatic nitrogens is 1. The number of carbonyl (C=O) groups excluding carboxylic acids is 1. The van der Waals surface area contributed by atoms with E-state index in [4.69, 9.17) is 5.73 Å². The molecule has 0 radical (unpaired) electrons. The lowest BCUT2D eigenvalue weighted by Gasteiger charge is -2.21. The molecular weight excluding hydrogens is 258 g/mol. The fraction of sp³-hybridized carbons (Fsp3) is 0.286. The highest BCUT2D eigenvalue weighted by Gasteiger charge is 2.17. The summed E-state index contributed by atoms with van der Waals surface area (Å²) in [6, 6.07) is 7.83. The second-order valence-corrected chi connectivity index (χ2v) is 5.66. The van der Waals surface area contributed by atoms with Crippen molar-refractivity contribution in [2.75, 3.05) is 5.32 Å². The van der Waals surface area contributed by atoms with Gasteiger partial charge in [0.2, 0.25) is 5.91 Å². The predicted molar refractivity (Wildman–Crippen MR) is 78.3 cm³/mol. The first-order chi connectivity index (χ1) is 9.08. The molecule has 5 heteroatoms. The van der Waals surface area contributed by atoms with Crippen LogP contribution in [-0.4, -0.2) is 10.9 Å². The van der Waals surface area contributed by atoms with Crippen LogP contribution in [0.1, 0.15) is 35.1 Å². The summed E-state index contributed by atoms with van der Waals surface area (Å²) in [5, 5.41) is 5.46. The number of carbonyl (C=O) groups is 1. The van der Waals surface area contributed by atoms with Crippen LogP contribution in [0.3, 0.4) is 0 Å². The molecule has 2 rings (SSSR count). The highest BCUT2D eigenvalue weighted by Crippen LogP contribution is 2.28. The molecule has 100 valence electrons. The Labute approximate surface area is 116 Å². The number of anilines is 1. The van der Waals surface area contributed by atoms with Crippen LogP contribution in [-0.2, 0) is 0 Å². The number of pyridine rings is 1. The summed E-state index contributed by atoms with van der Waals surface area (Å²) in [6.45, 7) is 4.32. The lowest BCUT2D eigenvalue weighted by Crippen LogP contribution is -2.17. The lowest BCUT2D eigenvalue weighted by molar-refractivity contribution is 0.1000. The maximum Gasteiger partial charge on any atom is 0.250 e. The molecule has 1 amide bonds. The molecule has 0 aromatic carbocycles. The average molecular weight is 275 g/mol. The minimum Gasteiger partial charge on any atom is -0.366 e. The first-order valence-corrected chi connectivity index (χ1v) is 7.01. The normalized spacial score (nSPS) is 12.4. The minimum absolute atomic E-state index is 0.215. The SMILES string of the molecule is CC(C)C(Nc1ccc(C(N)=O)cn1)c1cccs1. The molecule has 0 fully saturated rings. The molecule has 2 aromatic heterocycles. The second-order valence-electron chi connectivity index (χ2n) is 4.68. The first kappa shape index (κ1) is 13.5. The van der Waals surface area contributed by atoms with Crippen LogP contribution in [0.5, 0.6) is 0 Å². The Hall–Kier alpha value is -1.88. The van der Waals surface area contributed by atoms with Gasteiger partial charge in [0.15, 0.2) is 0 Å². The van der Waals surface area contributed by atoms with Gasteiger partial charge in [-0.2, -0.15) is 0 Å². The first-order valence-electron chi connectivity index (χ1n) is 6.13. The Morgan fingerprint density at radius 2 is 2.16 bits per heavy atom. The number of amides is 1. The molecular formula is C14H17N3OS. The van der Waals surface area contributed by atoms with Crippen molar-refractivity contribution in [2.45, 2.75) is 19.9 Å². The van der Waals surface area contributed by atoms with Gasteiger partial charge in [-0.25, -0.2) is 4.98 Å². The molecule has 0 aliphatic rings. The number of primary amides is 1. The molecule has 0 saturated heterocycles. The average Bonchev–Trinajstić information content (AvgIpc) is 2.89. The number of nitrogens with zero attached hydrogens (tertiary/aromatic N) is 1. The van der Waals surface area contributed by atoms with Gasteiger partial charge in [0.1, 0.15) is 5.82 Å². The van der Waals surface area contributed by atoms with Crippen molar-refractivity contribution in [1.29, 1.82) is 0 Å². The smallest absolute Gasteiger partial charge is 0.250 e. The third-order valence-corrected chi connectivity index (χ3v) is 3.82. The molecule has 0 bridgehead atoms. The summed E-state index contributed by atoms with van der Waals surface area (Å²) in [4.78, 5) is 16.5. The standard InChI is InChI=1S/C14H17N3OS/c1-9(2)13(11-4-3-7-19-11)17-12-6-5-10(8-16-12)14(15)18/h3-9,13H,1-2H3,(H2,15,18)(H,16,17). The summed E-state index contributed by atoms with van der Waals surface area (Å²) in [6.07, 6.45) is 1.50. The number of thiophene rings is 1. The molecule has 0 spiro atoms. The van der Waals surface area contributed by atoms with E-state index in [1.165, 1.54) is 11.1 Å². The van der Waals surface area contributed by atoms with Crippen molar-refractivity contribution >= 4 is 23.1 Å². The van der Waals surface area contributed by atoms with Gasteiger partial charge in [-0.05, 0) is 29.5 Å². The monoisotopic (exact) mass is 275 g/mol. The highest BCUT2D eigenvalue weighted by atomic mass is 32.1. The summed E-state index contributed by atoms with van der Waals surface area (Å²) < 4.78 is 0. The summed E-state index contributed by atoms with van der Waals surface area (Å²) in [5.41, 5.74) is 5.61. The summed E-state index contributed by atoms with van der Waals surface area (Å²) >= 11 is 1.72. The number of hydrogen-bond acceptors (Lipinski definition) is 4. The summed E-state index contributed by atoms with van der Waals surface area (Å²) in [5.74, 6) is 0.728. The van der Waals surface area contributed by atoms with Crippen molar-refractivity contribution in [3.05, 3.63) is 46.3 Å². The van der Waals surface area contributed by atoms with E-state index in [-0.39, 0.29) is 6.04 Å². The quantitative estimate of drug-likeness (QED) is 0.881. The fourth-order valence-electron chi connectivity index (χ4n) is 1.82. The summed E-state index contributed by atoms with van der Waals surface area (Å²) in [7, 11) is 0. The van der Waals surface area contributed by atoms with E-state index < -0.39 is 5.91 Å². The molecule has 0 aliphatic heterocycles. The second kappa shape index (κ2) is 5.84. The third kappa shape index (κ3) is 3.32. The molecule has 4 nitrogen and oxygen atoms in total. The van der Waals surface area contributed by atoms with Crippen LogP contribution in [0, 0.1) is 5.92 Å². The maximum absolute atomic E-state index is 11.0. The Morgan fingerprint density at radius 1 is 1.37 bits per heavy atom. The van der Waals surface area contributed by atoms with Gasteiger partial charge >= 0.3 is 0 Å². The van der Waals surface area contributed by atoms with Crippen molar-refractivity contribution in [1.82, 2.24) is 4.98 Å². The number of nitrogens with one attached hydrogen (secondary N) is 1. The molecule has 2 heterocycles. The van der Waals surface area contributed by atoms with Gasteiger partial charge < -0.3 is 11.1 Å². The van der Waals surface area contributed by atoms with Crippen LogP contribution >= 0.6 is 11.3 Å². The van der Waals surface area contributed by atoms with Crippen molar-refractivity contribution < 1.29 is 4.79 Å². The van der Waals surface area contributed by atoms with E-state index in [1.807, 2.05) is 6.07 Å². The van der Waals surface area contributed by atoms with Crippen LogP contribution < -0.4 is 11.1 Å². The van der Waals surface area contributed by atoms with Gasteiger partial charge in [-0.1, -0.05) is 19.9 Å². The van der Waals surface area contributed by atoms with Crippen LogP contribution in [0.4, 0.5) is 5.82 Å². The Morgan fingerprint density at radius 3 is 2.63 bits per heavy atom. The Balaban J connectivity index is 2.16. The zero-order chi connectivity index (χ0) is 13.8. The maximum atomic E-state index is 11.0. The zero-order valence-electron chi connectivity index (χ0n) is 11.0. The van der Waals surface area contributed by atoms with E-state index in [0.717, 1.165) is 5.82 Å². The van der Waals surface area contributed by atoms with Crippen LogP contribution in [0.2, 0.25) is 0 Å². The number of rotatable bonds is 5. The molecule has 0 saturated carbocycles. The van der Waals surface area contributed by atoms with E-state index >= 15 is 0 Å². The number of nitrogens with two attached hydrogens (primary N) is 1. The van der Waals surface area contributed by atoms with Crippen molar-refractivity contribution in [2.24, 2.45) is 11.7 Å². The van der Waals surface area contributed by atoms with Gasteiger partial charge in [-0.15, -0.1) is 11.3 Å². The van der Waals surface area contributed by atoms with E-state index in [0.29, 0.717) is 11.5 Å². The molecule has 0 aliphatic carbocycles. The Bertz CT molecular complexity index is 534. The van der Waals surface area contributed by atoms with E-state index in [2.05, 4.69) is 35.6 Å². The Kier molecular flexibility index (Phi) is 4.16.